The first kappa shape index (κ1) is 11.6. The summed E-state index contributed by atoms with van der Waals surface area (Å²) < 4.78 is 1.85. The van der Waals surface area contributed by atoms with Gasteiger partial charge in [0.1, 0.15) is 0 Å². The maximum absolute atomic E-state index is 5.82. The fourth-order valence-corrected chi connectivity index (χ4v) is 2.23. The minimum atomic E-state index is 0.355. The Labute approximate surface area is 90.1 Å². The molecule has 0 spiro atoms. The van der Waals surface area contributed by atoms with Crippen molar-refractivity contribution in [2.75, 3.05) is 11.5 Å². The van der Waals surface area contributed by atoms with Crippen LogP contribution in [0.15, 0.2) is 12.4 Å². The summed E-state index contributed by atoms with van der Waals surface area (Å²) in [6.45, 7) is 2.13. The Morgan fingerprint density at radius 2 is 2.43 bits per heavy atom. The first-order valence-electron chi connectivity index (χ1n) is 5.03. The van der Waals surface area contributed by atoms with Crippen molar-refractivity contribution in [3.63, 3.8) is 0 Å². The molecule has 0 radical (unpaired) electrons. The van der Waals surface area contributed by atoms with Gasteiger partial charge in [-0.05, 0) is 24.2 Å². The zero-order valence-corrected chi connectivity index (χ0v) is 9.76. The number of nitrogens with two attached hydrogens (primary N) is 1. The highest BCUT2D eigenvalue weighted by molar-refractivity contribution is 7.99. The lowest BCUT2D eigenvalue weighted by molar-refractivity contribution is 0.724. The predicted octanol–water partition coefficient (Wildman–Crippen LogP) is 1.43. The van der Waals surface area contributed by atoms with Crippen molar-refractivity contribution in [2.24, 2.45) is 12.8 Å². The molecule has 1 aromatic heterocycles. The lowest BCUT2D eigenvalue weighted by Gasteiger charge is -2.06. The molecular weight excluding hydrogens is 194 g/mol. The van der Waals surface area contributed by atoms with Crippen molar-refractivity contribution >= 4 is 11.8 Å². The standard InChI is InChI=1S/C10H19N3S/c1-3-10(11)8-14-5-4-9-6-12-13(2)7-9/h6-7,10H,3-5,8,11H2,1-2H3. The van der Waals surface area contributed by atoms with Gasteiger partial charge in [0.15, 0.2) is 0 Å². The molecule has 1 unspecified atom stereocenters. The van der Waals surface area contributed by atoms with Crippen molar-refractivity contribution < 1.29 is 0 Å². The van der Waals surface area contributed by atoms with Crippen LogP contribution in [0.3, 0.4) is 0 Å². The Hall–Kier alpha value is -0.480. The van der Waals surface area contributed by atoms with Crippen LogP contribution in [0.2, 0.25) is 0 Å². The lowest BCUT2D eigenvalue weighted by atomic mass is 10.3. The Balaban J connectivity index is 2.10. The normalized spacial score (nSPS) is 13.1. The van der Waals surface area contributed by atoms with Crippen LogP contribution < -0.4 is 5.73 Å². The predicted molar refractivity (Wildman–Crippen MR) is 62.5 cm³/mol. The molecule has 14 heavy (non-hydrogen) atoms. The summed E-state index contributed by atoms with van der Waals surface area (Å²) in [5.74, 6) is 2.20. The number of hydrogen-bond donors (Lipinski definition) is 1. The van der Waals surface area contributed by atoms with Gasteiger partial charge in [-0.2, -0.15) is 16.9 Å². The second kappa shape index (κ2) is 6.09. The van der Waals surface area contributed by atoms with Gasteiger partial charge in [-0.25, -0.2) is 0 Å². The van der Waals surface area contributed by atoms with Crippen molar-refractivity contribution in [3.05, 3.63) is 18.0 Å². The SMILES string of the molecule is CCC(N)CSCCc1cnn(C)c1. The average molecular weight is 213 g/mol. The monoisotopic (exact) mass is 213 g/mol. The summed E-state index contributed by atoms with van der Waals surface area (Å²) >= 11 is 1.93. The highest BCUT2D eigenvalue weighted by Crippen LogP contribution is 2.07. The van der Waals surface area contributed by atoms with Crippen LogP contribution in [0.1, 0.15) is 18.9 Å². The van der Waals surface area contributed by atoms with Crippen LogP contribution in [-0.2, 0) is 13.5 Å². The molecule has 1 aromatic rings. The van der Waals surface area contributed by atoms with Gasteiger partial charge < -0.3 is 5.73 Å². The third-order valence-electron chi connectivity index (χ3n) is 2.15. The first-order chi connectivity index (χ1) is 6.72. The van der Waals surface area contributed by atoms with E-state index < -0.39 is 0 Å². The topological polar surface area (TPSA) is 43.8 Å². The molecule has 2 N–H and O–H groups in total. The second-order valence-corrected chi connectivity index (χ2v) is 4.67. The summed E-state index contributed by atoms with van der Waals surface area (Å²) in [6, 6.07) is 0.355. The minimum absolute atomic E-state index is 0.355. The Morgan fingerprint density at radius 3 is 3.00 bits per heavy atom. The molecule has 0 aliphatic heterocycles. The molecule has 1 atom stereocenters. The van der Waals surface area contributed by atoms with Crippen LogP contribution in [0.5, 0.6) is 0 Å². The molecule has 0 amide bonds. The first-order valence-corrected chi connectivity index (χ1v) is 6.18. The number of rotatable bonds is 6. The molecule has 0 aliphatic rings. The minimum Gasteiger partial charge on any atom is -0.327 e. The summed E-state index contributed by atoms with van der Waals surface area (Å²) in [5, 5.41) is 4.13. The maximum Gasteiger partial charge on any atom is 0.0521 e. The van der Waals surface area contributed by atoms with Crippen LogP contribution in [-0.4, -0.2) is 27.3 Å². The van der Waals surface area contributed by atoms with E-state index in [1.54, 1.807) is 0 Å². The molecule has 0 saturated heterocycles. The van der Waals surface area contributed by atoms with Gasteiger partial charge >= 0.3 is 0 Å². The molecule has 0 aromatic carbocycles. The van der Waals surface area contributed by atoms with Gasteiger partial charge in [-0.15, -0.1) is 0 Å². The van der Waals surface area contributed by atoms with Crippen LogP contribution in [0.4, 0.5) is 0 Å². The van der Waals surface area contributed by atoms with E-state index in [9.17, 15) is 0 Å². The molecule has 0 aliphatic carbocycles. The second-order valence-electron chi connectivity index (χ2n) is 3.52. The molecule has 1 heterocycles. The van der Waals surface area contributed by atoms with Crippen LogP contribution >= 0.6 is 11.8 Å². The zero-order valence-electron chi connectivity index (χ0n) is 8.94. The molecule has 0 saturated carbocycles. The summed E-state index contributed by atoms with van der Waals surface area (Å²) in [5.41, 5.74) is 7.13. The summed E-state index contributed by atoms with van der Waals surface area (Å²) in [4.78, 5) is 0. The van der Waals surface area contributed by atoms with E-state index in [2.05, 4.69) is 18.2 Å². The molecule has 80 valence electrons. The van der Waals surface area contributed by atoms with E-state index in [0.29, 0.717) is 6.04 Å². The zero-order chi connectivity index (χ0) is 10.4. The molecule has 4 heteroatoms. The maximum atomic E-state index is 5.82. The van der Waals surface area contributed by atoms with Gasteiger partial charge in [0, 0.05) is 25.0 Å². The molecule has 0 fully saturated rings. The van der Waals surface area contributed by atoms with E-state index >= 15 is 0 Å². The third-order valence-corrected chi connectivity index (χ3v) is 3.31. The molecule has 3 nitrogen and oxygen atoms in total. The number of aromatic nitrogens is 2. The Morgan fingerprint density at radius 1 is 1.64 bits per heavy atom. The lowest BCUT2D eigenvalue weighted by Crippen LogP contribution is -2.21. The number of nitrogens with zero attached hydrogens (tertiary/aromatic N) is 2. The summed E-state index contributed by atoms with van der Waals surface area (Å²) in [6.07, 6.45) is 6.16. The molecule has 1 rings (SSSR count). The van der Waals surface area contributed by atoms with Gasteiger partial charge in [0.25, 0.3) is 0 Å². The van der Waals surface area contributed by atoms with Crippen molar-refractivity contribution in [1.82, 2.24) is 9.78 Å². The number of aryl methyl sites for hydroxylation is 2. The van der Waals surface area contributed by atoms with Crippen molar-refractivity contribution in [1.29, 1.82) is 0 Å². The van der Waals surface area contributed by atoms with E-state index in [1.807, 2.05) is 29.7 Å². The fraction of sp³-hybridized carbons (Fsp3) is 0.700. The third kappa shape index (κ3) is 4.15. The smallest absolute Gasteiger partial charge is 0.0521 e. The van der Waals surface area contributed by atoms with Crippen molar-refractivity contribution in [3.8, 4) is 0 Å². The number of thioether (sulfide) groups is 1. The van der Waals surface area contributed by atoms with Gasteiger partial charge in [0.2, 0.25) is 0 Å². The molecular formula is C10H19N3S. The van der Waals surface area contributed by atoms with Gasteiger partial charge in [-0.1, -0.05) is 6.92 Å². The largest absolute Gasteiger partial charge is 0.327 e. The van der Waals surface area contributed by atoms with E-state index in [0.717, 1.165) is 24.3 Å². The number of hydrogen-bond acceptors (Lipinski definition) is 3. The quantitative estimate of drug-likeness (QED) is 0.727. The highest BCUT2D eigenvalue weighted by atomic mass is 32.2. The van der Waals surface area contributed by atoms with Gasteiger partial charge in [-0.3, -0.25) is 4.68 Å². The Bertz CT molecular complexity index is 260. The summed E-state index contributed by atoms with van der Waals surface area (Å²) in [7, 11) is 1.95. The van der Waals surface area contributed by atoms with E-state index in [1.165, 1.54) is 5.56 Å². The Kier molecular flexibility index (Phi) is 5.04. The van der Waals surface area contributed by atoms with Crippen LogP contribution in [0, 0.1) is 0 Å². The van der Waals surface area contributed by atoms with Gasteiger partial charge in [0.05, 0.1) is 6.20 Å². The average Bonchev–Trinajstić information content (AvgIpc) is 2.58. The van der Waals surface area contributed by atoms with E-state index in [-0.39, 0.29) is 0 Å². The molecule has 0 bridgehead atoms. The van der Waals surface area contributed by atoms with Crippen LogP contribution in [0.25, 0.3) is 0 Å². The van der Waals surface area contributed by atoms with Crippen molar-refractivity contribution in [2.45, 2.75) is 25.8 Å². The van der Waals surface area contributed by atoms with E-state index in [4.69, 9.17) is 5.73 Å². The highest BCUT2D eigenvalue weighted by Gasteiger charge is 2.00. The fourth-order valence-electron chi connectivity index (χ4n) is 1.14.